The minimum Gasteiger partial charge on any atom is -0.475 e. The molecule has 0 saturated carbocycles. The van der Waals surface area contributed by atoms with Gasteiger partial charge in [0.05, 0.1) is 13.0 Å². The summed E-state index contributed by atoms with van der Waals surface area (Å²) in [4.78, 5) is 12.0. The molecule has 2 heterocycles. The number of nitrogens with zero attached hydrogens (tertiary/aromatic N) is 4. The summed E-state index contributed by atoms with van der Waals surface area (Å²) in [7, 11) is 0. The summed E-state index contributed by atoms with van der Waals surface area (Å²) in [6.45, 7) is 0.581. The quantitative estimate of drug-likeness (QED) is 0.459. The molecule has 152 valence electrons. The van der Waals surface area contributed by atoms with Crippen molar-refractivity contribution in [3.05, 3.63) is 77.1 Å². The van der Waals surface area contributed by atoms with Crippen molar-refractivity contribution < 1.29 is 13.9 Å². The van der Waals surface area contributed by atoms with Gasteiger partial charge in [0.15, 0.2) is 11.5 Å². The summed E-state index contributed by atoms with van der Waals surface area (Å²) in [6, 6.07) is 16.4. The zero-order chi connectivity index (χ0) is 20.9. The number of nitrogens with one attached hydrogen (secondary N) is 1. The first kappa shape index (κ1) is 19.8. The van der Waals surface area contributed by atoms with Gasteiger partial charge in [-0.2, -0.15) is 4.52 Å². The van der Waals surface area contributed by atoms with Gasteiger partial charge in [0.2, 0.25) is 11.8 Å². The predicted octanol–water partition coefficient (Wildman–Crippen LogP) is 3.32. The fraction of sp³-hybridized carbons (Fsp3) is 0.143. The Hall–Kier alpha value is -3.52. The van der Waals surface area contributed by atoms with E-state index in [0.717, 1.165) is 5.56 Å². The molecule has 0 saturated heterocycles. The van der Waals surface area contributed by atoms with E-state index >= 15 is 0 Å². The third kappa shape index (κ3) is 4.72. The number of amides is 1. The molecule has 0 unspecified atom stereocenters. The Bertz CT molecular complexity index is 1160. The molecule has 1 amide bonds. The van der Waals surface area contributed by atoms with Gasteiger partial charge in [-0.3, -0.25) is 4.79 Å². The molecule has 0 aliphatic carbocycles. The molecule has 1 N–H and O–H groups in total. The van der Waals surface area contributed by atoms with E-state index in [0.29, 0.717) is 34.5 Å². The summed E-state index contributed by atoms with van der Waals surface area (Å²) < 4.78 is 20.3. The lowest BCUT2D eigenvalue weighted by Crippen LogP contribution is -2.29. The van der Waals surface area contributed by atoms with Crippen molar-refractivity contribution in [3.8, 4) is 17.3 Å². The van der Waals surface area contributed by atoms with Crippen LogP contribution in [0.4, 0.5) is 4.39 Å². The highest BCUT2D eigenvalue weighted by Crippen LogP contribution is 2.19. The van der Waals surface area contributed by atoms with Gasteiger partial charge in [-0.15, -0.1) is 15.3 Å². The highest BCUT2D eigenvalue weighted by Gasteiger charge is 2.11. The minimum absolute atomic E-state index is 0.110. The van der Waals surface area contributed by atoms with E-state index in [4.69, 9.17) is 16.3 Å². The van der Waals surface area contributed by atoms with Crippen LogP contribution in [0.25, 0.3) is 17.0 Å². The average Bonchev–Trinajstić information content (AvgIpc) is 3.17. The van der Waals surface area contributed by atoms with Gasteiger partial charge < -0.3 is 10.1 Å². The van der Waals surface area contributed by atoms with Gasteiger partial charge >= 0.3 is 0 Å². The van der Waals surface area contributed by atoms with Crippen molar-refractivity contribution in [1.82, 2.24) is 25.1 Å². The Labute approximate surface area is 176 Å². The van der Waals surface area contributed by atoms with Crippen LogP contribution in [-0.4, -0.2) is 38.9 Å². The summed E-state index contributed by atoms with van der Waals surface area (Å²) in [6.07, 6.45) is 0.267. The summed E-state index contributed by atoms with van der Waals surface area (Å²) in [5.41, 5.74) is 2.10. The molecule has 0 aliphatic rings. The van der Waals surface area contributed by atoms with Gasteiger partial charge in [0.1, 0.15) is 12.4 Å². The van der Waals surface area contributed by atoms with E-state index in [1.807, 2.05) is 12.1 Å². The van der Waals surface area contributed by atoms with Crippen LogP contribution in [-0.2, 0) is 11.2 Å². The van der Waals surface area contributed by atoms with Crippen molar-refractivity contribution in [2.75, 3.05) is 13.2 Å². The van der Waals surface area contributed by atoms with Gasteiger partial charge in [-0.1, -0.05) is 23.7 Å². The number of carbonyl (C=O) groups excluding carboxylic acids is 1. The third-order valence-corrected chi connectivity index (χ3v) is 4.54. The van der Waals surface area contributed by atoms with Crippen molar-refractivity contribution >= 4 is 23.2 Å². The smallest absolute Gasteiger partial charge is 0.231 e. The lowest BCUT2D eigenvalue weighted by molar-refractivity contribution is -0.120. The number of halogens is 2. The Morgan fingerprint density at radius 1 is 1.03 bits per heavy atom. The highest BCUT2D eigenvalue weighted by atomic mass is 35.5. The number of hydrogen-bond acceptors (Lipinski definition) is 5. The molecule has 2 aromatic heterocycles. The van der Waals surface area contributed by atoms with E-state index in [2.05, 4.69) is 20.6 Å². The summed E-state index contributed by atoms with van der Waals surface area (Å²) in [5, 5.41) is 16.0. The topological polar surface area (TPSA) is 81.4 Å². The number of carbonyl (C=O) groups is 1. The molecule has 0 aliphatic heterocycles. The number of hydrogen-bond donors (Lipinski definition) is 1. The van der Waals surface area contributed by atoms with Crippen molar-refractivity contribution in [2.45, 2.75) is 6.42 Å². The fourth-order valence-electron chi connectivity index (χ4n) is 2.82. The van der Waals surface area contributed by atoms with Gasteiger partial charge in [-0.05, 0) is 48.0 Å². The molecule has 2 aromatic carbocycles. The van der Waals surface area contributed by atoms with Gasteiger partial charge in [0.25, 0.3) is 0 Å². The molecular weight excluding hydrogens is 409 g/mol. The lowest BCUT2D eigenvalue weighted by atomic mass is 10.1. The van der Waals surface area contributed by atoms with Crippen LogP contribution in [0.15, 0.2) is 60.7 Å². The lowest BCUT2D eigenvalue weighted by Gasteiger charge is -2.08. The SMILES string of the molecule is O=C(Cc1ccc(Cl)cc1)NCCOc1ccc2nnc(-c3ccc(F)cc3)n2n1. The largest absolute Gasteiger partial charge is 0.475 e. The molecule has 0 radical (unpaired) electrons. The number of rotatable bonds is 7. The zero-order valence-corrected chi connectivity index (χ0v) is 16.5. The number of aromatic nitrogens is 4. The molecule has 0 atom stereocenters. The normalized spacial score (nSPS) is 10.9. The second-order valence-corrected chi connectivity index (χ2v) is 6.91. The molecule has 30 heavy (non-hydrogen) atoms. The van der Waals surface area contributed by atoms with Crippen molar-refractivity contribution in [1.29, 1.82) is 0 Å². The molecule has 9 heteroatoms. The first-order chi connectivity index (χ1) is 14.6. The third-order valence-electron chi connectivity index (χ3n) is 4.29. The Kier molecular flexibility index (Phi) is 5.85. The summed E-state index contributed by atoms with van der Waals surface area (Å²) >= 11 is 5.84. The van der Waals surface area contributed by atoms with Gasteiger partial charge in [0, 0.05) is 16.7 Å². The van der Waals surface area contributed by atoms with Crippen LogP contribution in [0, 0.1) is 5.82 Å². The Morgan fingerprint density at radius 3 is 2.57 bits per heavy atom. The number of ether oxygens (including phenoxy) is 1. The van der Waals surface area contributed by atoms with Crippen LogP contribution < -0.4 is 10.1 Å². The maximum atomic E-state index is 13.2. The maximum absolute atomic E-state index is 13.2. The standard InChI is InChI=1S/C21H17ClFN5O2/c22-16-5-1-14(2-6-16)13-19(29)24-11-12-30-20-10-9-18-25-26-21(28(18)27-20)15-3-7-17(23)8-4-15/h1-10H,11-13H2,(H,24,29). The second kappa shape index (κ2) is 8.87. The monoisotopic (exact) mass is 425 g/mol. The number of fused-ring (bicyclic) bond motifs is 1. The average molecular weight is 426 g/mol. The summed E-state index contributed by atoms with van der Waals surface area (Å²) in [5.74, 6) is 0.397. The Balaban J connectivity index is 1.34. The molecule has 4 rings (SSSR count). The highest BCUT2D eigenvalue weighted by molar-refractivity contribution is 6.30. The van der Waals surface area contributed by atoms with E-state index in [1.165, 1.54) is 16.6 Å². The fourth-order valence-corrected chi connectivity index (χ4v) is 2.95. The van der Waals surface area contributed by atoms with Gasteiger partial charge in [-0.25, -0.2) is 4.39 Å². The van der Waals surface area contributed by atoms with E-state index < -0.39 is 0 Å². The van der Waals surface area contributed by atoms with E-state index in [-0.39, 0.29) is 24.8 Å². The maximum Gasteiger partial charge on any atom is 0.231 e. The van der Waals surface area contributed by atoms with Crippen molar-refractivity contribution in [2.24, 2.45) is 0 Å². The van der Waals surface area contributed by atoms with Crippen LogP contribution >= 0.6 is 11.6 Å². The molecule has 4 aromatic rings. The van der Waals surface area contributed by atoms with Crippen LogP contribution in [0.2, 0.25) is 5.02 Å². The van der Waals surface area contributed by atoms with Crippen LogP contribution in [0.3, 0.4) is 0 Å². The molecule has 0 spiro atoms. The van der Waals surface area contributed by atoms with Crippen molar-refractivity contribution in [3.63, 3.8) is 0 Å². The molecule has 7 nitrogen and oxygen atoms in total. The predicted molar refractivity (Wildman–Crippen MR) is 110 cm³/mol. The molecular formula is C21H17ClFN5O2. The Morgan fingerprint density at radius 2 is 1.80 bits per heavy atom. The van der Waals surface area contributed by atoms with E-state index in [9.17, 15) is 9.18 Å². The minimum atomic E-state index is -0.331. The zero-order valence-electron chi connectivity index (χ0n) is 15.8. The second-order valence-electron chi connectivity index (χ2n) is 6.47. The van der Waals surface area contributed by atoms with E-state index in [1.54, 1.807) is 36.4 Å². The molecule has 0 fully saturated rings. The first-order valence-corrected chi connectivity index (χ1v) is 9.58. The first-order valence-electron chi connectivity index (χ1n) is 9.21. The molecule has 0 bridgehead atoms. The number of benzene rings is 2. The van der Waals surface area contributed by atoms with Crippen LogP contribution in [0.5, 0.6) is 5.88 Å². The van der Waals surface area contributed by atoms with Crippen LogP contribution in [0.1, 0.15) is 5.56 Å².